The van der Waals surface area contributed by atoms with E-state index in [9.17, 15) is 4.79 Å². The van der Waals surface area contributed by atoms with Gasteiger partial charge >= 0.3 is 0 Å². The van der Waals surface area contributed by atoms with E-state index >= 15 is 0 Å². The number of rotatable bonds is 5. The molecule has 1 saturated heterocycles. The third-order valence-electron chi connectivity index (χ3n) is 4.98. The molecule has 0 aromatic heterocycles. The van der Waals surface area contributed by atoms with Gasteiger partial charge in [-0.05, 0) is 17.7 Å². The van der Waals surface area contributed by atoms with Gasteiger partial charge in [0.15, 0.2) is 0 Å². The van der Waals surface area contributed by atoms with E-state index in [0.717, 1.165) is 28.2 Å². The monoisotopic (exact) mass is 370 g/mol. The maximum atomic E-state index is 12.7. The zero-order valence-electron chi connectivity index (χ0n) is 15.8. The lowest BCUT2D eigenvalue weighted by atomic mass is 9.98. The Kier molecular flexibility index (Phi) is 5.20. The fourth-order valence-electron chi connectivity index (χ4n) is 3.50. The van der Waals surface area contributed by atoms with E-state index in [4.69, 9.17) is 9.84 Å². The lowest BCUT2D eigenvalue weighted by molar-refractivity contribution is -0.127. The predicted octanol–water partition coefficient (Wildman–Crippen LogP) is 4.46. The molecule has 28 heavy (non-hydrogen) atoms. The number of amides is 1. The van der Waals surface area contributed by atoms with E-state index in [0.29, 0.717) is 13.0 Å². The van der Waals surface area contributed by atoms with Gasteiger partial charge < -0.3 is 4.74 Å². The van der Waals surface area contributed by atoms with Crippen molar-refractivity contribution in [2.75, 3.05) is 13.7 Å². The average Bonchev–Trinajstić information content (AvgIpc) is 3.13. The van der Waals surface area contributed by atoms with Crippen LogP contribution in [0.4, 0.5) is 0 Å². The van der Waals surface area contributed by atoms with Crippen LogP contribution in [0.25, 0.3) is 0 Å². The lowest BCUT2D eigenvalue weighted by Crippen LogP contribution is -2.22. The number of carbonyl (C=O) groups is 1. The van der Waals surface area contributed by atoms with Crippen LogP contribution < -0.4 is 4.74 Å². The molecule has 0 N–H and O–H groups in total. The first-order valence-electron chi connectivity index (χ1n) is 9.38. The van der Waals surface area contributed by atoms with Crippen molar-refractivity contribution in [1.29, 1.82) is 0 Å². The number of hydrazone groups is 1. The molecule has 0 aliphatic carbocycles. The fraction of sp³-hybridized carbons (Fsp3) is 0.167. The molecule has 4 nitrogen and oxygen atoms in total. The van der Waals surface area contributed by atoms with E-state index in [1.807, 2.05) is 84.9 Å². The van der Waals surface area contributed by atoms with Gasteiger partial charge in [0, 0.05) is 23.5 Å². The third kappa shape index (κ3) is 3.81. The van der Waals surface area contributed by atoms with Crippen LogP contribution in [-0.2, 0) is 4.79 Å². The highest BCUT2D eigenvalue weighted by Crippen LogP contribution is 2.30. The molecule has 1 amide bonds. The van der Waals surface area contributed by atoms with Gasteiger partial charge in [-0.3, -0.25) is 4.79 Å². The van der Waals surface area contributed by atoms with E-state index in [1.165, 1.54) is 0 Å². The Labute approximate surface area is 165 Å². The summed E-state index contributed by atoms with van der Waals surface area (Å²) in [6, 6.07) is 27.9. The third-order valence-corrected chi connectivity index (χ3v) is 4.98. The zero-order chi connectivity index (χ0) is 19.3. The number of hydrogen-bond donors (Lipinski definition) is 0. The van der Waals surface area contributed by atoms with Crippen molar-refractivity contribution in [3.05, 3.63) is 102 Å². The fourth-order valence-corrected chi connectivity index (χ4v) is 3.50. The van der Waals surface area contributed by atoms with Crippen LogP contribution in [0.5, 0.6) is 5.75 Å². The molecule has 0 bridgehead atoms. The normalized spacial score (nSPS) is 16.1. The van der Waals surface area contributed by atoms with E-state index in [1.54, 1.807) is 12.1 Å². The Hall–Kier alpha value is -3.40. The van der Waals surface area contributed by atoms with Gasteiger partial charge in [0.05, 0.1) is 19.4 Å². The first-order valence-corrected chi connectivity index (χ1v) is 9.38. The highest BCUT2D eigenvalue weighted by Gasteiger charge is 2.31. The summed E-state index contributed by atoms with van der Waals surface area (Å²) < 4.78 is 5.32. The van der Waals surface area contributed by atoms with Gasteiger partial charge in [-0.2, -0.15) is 5.10 Å². The first kappa shape index (κ1) is 18.0. The summed E-state index contributed by atoms with van der Waals surface area (Å²) in [5.74, 6) is 0.956. The molecule has 1 aliphatic heterocycles. The molecule has 0 saturated carbocycles. The van der Waals surface area contributed by atoms with Crippen molar-refractivity contribution in [3.63, 3.8) is 0 Å². The number of nitrogens with zero attached hydrogens (tertiary/aromatic N) is 2. The van der Waals surface area contributed by atoms with Crippen molar-refractivity contribution >= 4 is 11.6 Å². The first-order chi connectivity index (χ1) is 13.7. The minimum atomic E-state index is 0.0391. The topological polar surface area (TPSA) is 41.9 Å². The minimum absolute atomic E-state index is 0.0391. The Morgan fingerprint density at radius 1 is 0.929 bits per heavy atom. The molecule has 1 unspecified atom stereocenters. The zero-order valence-corrected chi connectivity index (χ0v) is 15.8. The summed E-state index contributed by atoms with van der Waals surface area (Å²) in [6.07, 6.45) is 0.452. The molecule has 4 heteroatoms. The average molecular weight is 370 g/mol. The molecule has 0 spiro atoms. The second kappa shape index (κ2) is 8.09. The van der Waals surface area contributed by atoms with Gasteiger partial charge in [0.25, 0.3) is 0 Å². The number of methoxy groups -OCH3 is 1. The molecule has 0 radical (unpaired) electrons. The van der Waals surface area contributed by atoms with Gasteiger partial charge in [0.2, 0.25) is 5.91 Å². The summed E-state index contributed by atoms with van der Waals surface area (Å²) >= 11 is 0. The molecule has 140 valence electrons. The highest BCUT2D eigenvalue weighted by molar-refractivity contribution is 6.13. The van der Waals surface area contributed by atoms with Crippen molar-refractivity contribution in [1.82, 2.24) is 5.01 Å². The lowest BCUT2D eigenvalue weighted by Gasteiger charge is -2.15. The van der Waals surface area contributed by atoms with Gasteiger partial charge in [0.1, 0.15) is 5.75 Å². The number of benzene rings is 3. The van der Waals surface area contributed by atoms with Crippen LogP contribution in [0.1, 0.15) is 29.0 Å². The summed E-state index contributed by atoms with van der Waals surface area (Å²) in [6.45, 7) is 0.565. The summed E-state index contributed by atoms with van der Waals surface area (Å²) in [5.41, 5.74) is 3.89. The van der Waals surface area contributed by atoms with Crippen LogP contribution in [0.2, 0.25) is 0 Å². The molecule has 1 atom stereocenters. The largest absolute Gasteiger partial charge is 0.497 e. The SMILES string of the molecule is COc1cccc(C2CC(=O)N(N=C(c3ccccc3)c3ccccc3)C2)c1. The molecule has 1 heterocycles. The van der Waals surface area contributed by atoms with E-state index in [-0.39, 0.29) is 11.8 Å². The van der Waals surface area contributed by atoms with Crippen LogP contribution >= 0.6 is 0 Å². The van der Waals surface area contributed by atoms with Crippen LogP contribution in [0.15, 0.2) is 90.0 Å². The molecule has 3 aromatic rings. The number of ether oxygens (including phenoxy) is 1. The van der Waals surface area contributed by atoms with Crippen molar-refractivity contribution in [3.8, 4) is 5.75 Å². The van der Waals surface area contributed by atoms with E-state index < -0.39 is 0 Å². The highest BCUT2D eigenvalue weighted by atomic mass is 16.5. The maximum Gasteiger partial charge on any atom is 0.243 e. The van der Waals surface area contributed by atoms with E-state index in [2.05, 4.69) is 0 Å². The number of carbonyl (C=O) groups excluding carboxylic acids is 1. The summed E-state index contributed by atoms with van der Waals surface area (Å²) in [5, 5.41) is 6.40. The van der Waals surface area contributed by atoms with Gasteiger partial charge in [-0.25, -0.2) is 5.01 Å². The Bertz CT molecular complexity index is 942. The molecule has 3 aromatic carbocycles. The smallest absolute Gasteiger partial charge is 0.243 e. The molecular formula is C24H22N2O2. The molecule has 1 fully saturated rings. The van der Waals surface area contributed by atoms with Crippen molar-refractivity contribution < 1.29 is 9.53 Å². The predicted molar refractivity (Wildman–Crippen MR) is 111 cm³/mol. The Morgan fingerprint density at radius 2 is 1.57 bits per heavy atom. The van der Waals surface area contributed by atoms with Gasteiger partial charge in [-0.15, -0.1) is 0 Å². The maximum absolute atomic E-state index is 12.7. The quantitative estimate of drug-likeness (QED) is 0.622. The Balaban J connectivity index is 1.66. The van der Waals surface area contributed by atoms with Crippen LogP contribution in [-0.4, -0.2) is 30.3 Å². The second-order valence-electron chi connectivity index (χ2n) is 6.83. The number of hydrogen-bond acceptors (Lipinski definition) is 3. The van der Waals surface area contributed by atoms with Gasteiger partial charge in [-0.1, -0.05) is 72.8 Å². The van der Waals surface area contributed by atoms with Crippen molar-refractivity contribution in [2.24, 2.45) is 5.10 Å². The van der Waals surface area contributed by atoms with Crippen molar-refractivity contribution in [2.45, 2.75) is 12.3 Å². The molecule has 4 rings (SSSR count). The van der Waals surface area contributed by atoms with Crippen LogP contribution in [0, 0.1) is 0 Å². The molecular weight excluding hydrogens is 348 g/mol. The minimum Gasteiger partial charge on any atom is -0.497 e. The standard InChI is InChI=1S/C24H22N2O2/c1-28-22-14-8-13-20(15-22)21-16-23(27)26(17-21)25-24(18-9-4-2-5-10-18)19-11-6-3-7-12-19/h2-15,21H,16-17H2,1H3. The second-order valence-corrected chi connectivity index (χ2v) is 6.83. The summed E-state index contributed by atoms with van der Waals surface area (Å²) in [7, 11) is 1.65. The summed E-state index contributed by atoms with van der Waals surface area (Å²) in [4.78, 5) is 12.7. The Morgan fingerprint density at radius 3 is 2.18 bits per heavy atom. The van der Waals surface area contributed by atoms with Crippen LogP contribution in [0.3, 0.4) is 0 Å². The molecule has 1 aliphatic rings.